The predicted molar refractivity (Wildman–Crippen MR) is 139 cm³/mol. The van der Waals surface area contributed by atoms with Gasteiger partial charge in [-0.05, 0) is 42.0 Å². The van der Waals surface area contributed by atoms with Crippen LogP contribution in [-0.2, 0) is 9.53 Å². The fourth-order valence-corrected chi connectivity index (χ4v) is 4.11. The first-order chi connectivity index (χ1) is 17.2. The molecule has 1 saturated heterocycles. The lowest BCUT2D eigenvalue weighted by Crippen LogP contribution is -2.38. The van der Waals surface area contributed by atoms with Crippen molar-refractivity contribution in [3.05, 3.63) is 53.9 Å². The number of amides is 1. The first-order valence-electron chi connectivity index (χ1n) is 12.2. The summed E-state index contributed by atoms with van der Waals surface area (Å²) >= 11 is 0. The maximum atomic E-state index is 12.2. The predicted octanol–water partition coefficient (Wildman–Crippen LogP) is 3.90. The minimum atomic E-state index is 0.0455. The van der Waals surface area contributed by atoms with Gasteiger partial charge in [-0.2, -0.15) is 0 Å². The van der Waals surface area contributed by atoms with Crippen molar-refractivity contribution in [2.75, 3.05) is 57.1 Å². The largest absolute Gasteiger partial charge is 0.492 e. The molecule has 2 aromatic heterocycles. The van der Waals surface area contributed by atoms with E-state index in [1.54, 1.807) is 6.20 Å². The number of anilines is 2. The Labute approximate surface area is 205 Å². The van der Waals surface area contributed by atoms with Crippen LogP contribution in [0.25, 0.3) is 22.9 Å². The molecular weight excluding hydrogens is 442 g/mol. The molecule has 0 spiro atoms. The van der Waals surface area contributed by atoms with Gasteiger partial charge in [-0.1, -0.05) is 24.3 Å². The van der Waals surface area contributed by atoms with Gasteiger partial charge in [-0.3, -0.25) is 9.69 Å². The first kappa shape index (κ1) is 23.3. The molecule has 0 radical (unpaired) electrons. The van der Waals surface area contributed by atoms with Crippen molar-refractivity contribution in [3.63, 3.8) is 0 Å². The van der Waals surface area contributed by atoms with E-state index in [1.807, 2.05) is 49.7 Å². The van der Waals surface area contributed by atoms with Crippen molar-refractivity contribution >= 4 is 40.5 Å². The molecule has 1 amide bonds. The molecule has 35 heavy (non-hydrogen) atoms. The second-order valence-corrected chi connectivity index (χ2v) is 8.90. The van der Waals surface area contributed by atoms with E-state index in [2.05, 4.69) is 31.6 Å². The number of fused-ring (bicyclic) bond motifs is 1. The zero-order valence-electron chi connectivity index (χ0n) is 20.0. The summed E-state index contributed by atoms with van der Waals surface area (Å²) in [5.41, 5.74) is 2.02. The molecule has 2 aliphatic rings. The highest BCUT2D eigenvalue weighted by atomic mass is 16.5. The molecule has 182 valence electrons. The minimum Gasteiger partial charge on any atom is -0.492 e. The Balaban J connectivity index is 1.27. The average molecular weight is 474 g/mol. The van der Waals surface area contributed by atoms with Crippen LogP contribution >= 0.6 is 0 Å². The summed E-state index contributed by atoms with van der Waals surface area (Å²) in [5, 5.41) is 7.94. The smallest absolute Gasteiger partial charge is 0.228 e. The number of rotatable bonds is 9. The van der Waals surface area contributed by atoms with Crippen molar-refractivity contribution in [1.82, 2.24) is 14.9 Å². The average Bonchev–Trinajstić information content (AvgIpc) is 3.74. The third kappa shape index (κ3) is 5.96. The maximum absolute atomic E-state index is 12.2. The summed E-state index contributed by atoms with van der Waals surface area (Å²) in [6.45, 7) is 5.11. The third-order valence-corrected chi connectivity index (χ3v) is 6.35. The van der Waals surface area contributed by atoms with Gasteiger partial charge in [-0.15, -0.1) is 0 Å². The fraction of sp³-hybridized carbons (Fsp3) is 0.370. The van der Waals surface area contributed by atoms with Crippen LogP contribution in [0.15, 0.2) is 42.7 Å². The van der Waals surface area contributed by atoms with E-state index in [9.17, 15) is 4.79 Å². The van der Waals surface area contributed by atoms with Crippen LogP contribution in [0.3, 0.4) is 0 Å². The topological polar surface area (TPSA) is 88.6 Å². The lowest BCUT2D eigenvalue weighted by atomic mass is 10.1. The van der Waals surface area contributed by atoms with Crippen molar-refractivity contribution in [1.29, 1.82) is 0 Å². The molecule has 1 aliphatic heterocycles. The highest BCUT2D eigenvalue weighted by Crippen LogP contribution is 2.31. The highest BCUT2D eigenvalue weighted by Gasteiger charge is 2.29. The zero-order chi connectivity index (χ0) is 24.0. The molecule has 8 heteroatoms. The van der Waals surface area contributed by atoms with Gasteiger partial charge in [0.1, 0.15) is 24.0 Å². The molecule has 0 atom stereocenters. The van der Waals surface area contributed by atoms with E-state index in [-0.39, 0.29) is 11.8 Å². The molecule has 3 heterocycles. The zero-order valence-corrected chi connectivity index (χ0v) is 20.0. The second-order valence-electron chi connectivity index (χ2n) is 8.90. The number of pyridine rings is 2. The number of carbonyl (C=O) groups is 1. The number of nitrogens with zero attached hydrogens (tertiary/aromatic N) is 3. The van der Waals surface area contributed by atoms with Gasteiger partial charge >= 0.3 is 0 Å². The second kappa shape index (κ2) is 10.8. The maximum Gasteiger partial charge on any atom is 0.228 e. The molecule has 1 saturated carbocycles. The monoisotopic (exact) mass is 473 g/mol. The number of hydrogen-bond donors (Lipinski definition) is 2. The van der Waals surface area contributed by atoms with Crippen molar-refractivity contribution in [2.24, 2.45) is 5.92 Å². The van der Waals surface area contributed by atoms with E-state index in [0.29, 0.717) is 12.4 Å². The molecule has 5 rings (SSSR count). The summed E-state index contributed by atoms with van der Waals surface area (Å²) in [6, 6.07) is 10.00. The minimum absolute atomic E-state index is 0.0455. The first-order valence-corrected chi connectivity index (χ1v) is 12.2. The number of carbonyl (C=O) groups excluding carboxylic acids is 1. The van der Waals surface area contributed by atoms with Gasteiger partial charge in [0.25, 0.3) is 0 Å². The van der Waals surface area contributed by atoms with Crippen LogP contribution in [0.5, 0.6) is 5.75 Å². The Kier molecular flexibility index (Phi) is 7.20. The molecule has 1 aliphatic carbocycles. The number of morpholine rings is 1. The third-order valence-electron chi connectivity index (χ3n) is 6.35. The number of ether oxygens (including phenoxy) is 2. The molecule has 8 nitrogen and oxygen atoms in total. The van der Waals surface area contributed by atoms with Crippen LogP contribution in [0.2, 0.25) is 0 Å². The van der Waals surface area contributed by atoms with Crippen LogP contribution in [-0.4, -0.2) is 67.3 Å². The van der Waals surface area contributed by atoms with Crippen molar-refractivity contribution in [3.8, 4) is 5.75 Å². The van der Waals surface area contributed by atoms with Gasteiger partial charge in [0.2, 0.25) is 5.91 Å². The summed E-state index contributed by atoms with van der Waals surface area (Å²) in [6.07, 6.45) is 9.60. The number of hydrogen-bond acceptors (Lipinski definition) is 7. The molecule has 3 aromatic rings. The summed E-state index contributed by atoms with van der Waals surface area (Å²) in [5.74, 6) is 2.36. The van der Waals surface area contributed by atoms with E-state index in [0.717, 1.165) is 79.2 Å². The van der Waals surface area contributed by atoms with Gasteiger partial charge < -0.3 is 20.1 Å². The molecular formula is C27H31N5O3. The Hall–Kier alpha value is -3.49. The molecule has 2 N–H and O–H groups in total. The normalized spacial score (nSPS) is 16.5. The van der Waals surface area contributed by atoms with Gasteiger partial charge in [0.15, 0.2) is 0 Å². The summed E-state index contributed by atoms with van der Waals surface area (Å²) in [4.78, 5) is 23.5. The number of nitrogens with one attached hydrogen (secondary N) is 2. The Morgan fingerprint density at radius 3 is 2.66 bits per heavy atom. The molecule has 1 aromatic carbocycles. The van der Waals surface area contributed by atoms with Crippen molar-refractivity contribution in [2.45, 2.75) is 12.8 Å². The molecule has 0 bridgehead atoms. The number of benzene rings is 1. The van der Waals surface area contributed by atoms with Crippen molar-refractivity contribution < 1.29 is 14.3 Å². The van der Waals surface area contributed by atoms with Gasteiger partial charge in [0.05, 0.1) is 13.2 Å². The fourth-order valence-electron chi connectivity index (χ4n) is 4.11. The molecule has 2 fully saturated rings. The summed E-state index contributed by atoms with van der Waals surface area (Å²) < 4.78 is 11.3. The van der Waals surface area contributed by atoms with E-state index < -0.39 is 0 Å². The Morgan fingerprint density at radius 2 is 1.91 bits per heavy atom. The van der Waals surface area contributed by atoms with E-state index >= 15 is 0 Å². The Bertz CT molecular complexity index is 1200. The quantitative estimate of drug-likeness (QED) is 0.487. The van der Waals surface area contributed by atoms with E-state index in [1.165, 1.54) is 0 Å². The van der Waals surface area contributed by atoms with Crippen LogP contribution in [0, 0.1) is 5.92 Å². The van der Waals surface area contributed by atoms with E-state index in [4.69, 9.17) is 9.47 Å². The van der Waals surface area contributed by atoms with Crippen LogP contribution in [0.4, 0.5) is 11.6 Å². The standard InChI is InChI=1S/C27H31N5O3/c1-28-26-24-18-29-25(31-27(33)20-6-7-20)16-23(24)21(17-30-26)5-2-19-3-8-22(9-4-19)35-15-12-32-10-13-34-14-11-32/h2-5,8-9,16-18,20H,6-7,10-15H2,1H3,(H,28,30)(H,29,31,33)/b5-2+. The van der Waals surface area contributed by atoms with Crippen LogP contribution < -0.4 is 15.4 Å². The Morgan fingerprint density at radius 1 is 1.11 bits per heavy atom. The molecule has 0 unspecified atom stereocenters. The lowest BCUT2D eigenvalue weighted by Gasteiger charge is -2.26. The SMILES string of the molecule is CNc1ncc(/C=C/c2ccc(OCCN3CCOCC3)cc2)c2cc(NC(=O)C3CC3)ncc12. The van der Waals surface area contributed by atoms with Crippen LogP contribution in [0.1, 0.15) is 24.0 Å². The summed E-state index contributed by atoms with van der Waals surface area (Å²) in [7, 11) is 1.84. The lowest BCUT2D eigenvalue weighted by molar-refractivity contribution is -0.117. The van der Waals surface area contributed by atoms with Gasteiger partial charge in [0, 0.05) is 55.9 Å². The van der Waals surface area contributed by atoms with Gasteiger partial charge in [-0.25, -0.2) is 9.97 Å². The number of aromatic nitrogens is 2. The highest BCUT2D eigenvalue weighted by molar-refractivity contribution is 6.01.